The molecule has 128 valence electrons. The van der Waals surface area contributed by atoms with Gasteiger partial charge in [-0.2, -0.15) is 0 Å². The Kier molecular flexibility index (Phi) is 3.97. The van der Waals surface area contributed by atoms with E-state index < -0.39 is 0 Å². The highest BCUT2D eigenvalue weighted by Gasteiger charge is 2.27. The topological polar surface area (TPSA) is 94.3 Å². The van der Waals surface area contributed by atoms with Crippen LogP contribution in [0.15, 0.2) is 45.3 Å². The van der Waals surface area contributed by atoms with Crippen molar-refractivity contribution in [2.45, 2.75) is 12.8 Å². The lowest BCUT2D eigenvalue weighted by Gasteiger charge is -2.03. The van der Waals surface area contributed by atoms with Crippen LogP contribution in [-0.2, 0) is 0 Å². The van der Waals surface area contributed by atoms with Crippen molar-refractivity contribution in [3.63, 3.8) is 0 Å². The largest absolute Gasteiger partial charge is 0.454 e. The third-order valence-electron chi connectivity index (χ3n) is 4.14. The maximum Gasteiger partial charge on any atom is 0.259 e. The quantitative estimate of drug-likeness (QED) is 0.720. The van der Waals surface area contributed by atoms with E-state index in [4.69, 9.17) is 26.3 Å². The van der Waals surface area contributed by atoms with Gasteiger partial charge in [0.2, 0.25) is 5.88 Å². The van der Waals surface area contributed by atoms with Crippen molar-refractivity contribution in [1.29, 1.82) is 0 Å². The Hall–Kier alpha value is -2.73. The zero-order chi connectivity index (χ0) is 17.4. The number of anilines is 1. The summed E-state index contributed by atoms with van der Waals surface area (Å²) in [6.07, 6.45) is 2.29. The molecule has 2 aromatic heterocycles. The van der Waals surface area contributed by atoms with E-state index in [2.05, 4.69) is 10.5 Å². The van der Waals surface area contributed by atoms with Crippen molar-refractivity contribution in [3.8, 4) is 22.8 Å². The maximum atomic E-state index is 12.4. The van der Waals surface area contributed by atoms with Crippen molar-refractivity contribution in [3.05, 3.63) is 47.0 Å². The van der Waals surface area contributed by atoms with Crippen LogP contribution in [0.5, 0.6) is 0 Å². The number of carbonyl (C=O) groups is 1. The Balaban J connectivity index is 1.63. The molecule has 7 heteroatoms. The molecule has 0 spiro atoms. The molecule has 1 fully saturated rings. The number of nitrogens with one attached hydrogen (secondary N) is 1. The van der Waals surface area contributed by atoms with Crippen molar-refractivity contribution in [2.24, 2.45) is 5.92 Å². The van der Waals surface area contributed by atoms with Gasteiger partial charge in [-0.3, -0.25) is 4.79 Å². The summed E-state index contributed by atoms with van der Waals surface area (Å²) in [5.41, 5.74) is 7.11. The first-order valence-corrected chi connectivity index (χ1v) is 8.39. The fraction of sp³-hybridized carbons (Fsp3) is 0.222. The van der Waals surface area contributed by atoms with Crippen LogP contribution in [-0.4, -0.2) is 17.6 Å². The predicted octanol–water partition coefficient (Wildman–Crippen LogP) is 3.98. The van der Waals surface area contributed by atoms with Gasteiger partial charge >= 0.3 is 0 Å². The van der Waals surface area contributed by atoms with Gasteiger partial charge in [0, 0.05) is 17.1 Å². The molecule has 0 radical (unpaired) electrons. The lowest BCUT2D eigenvalue weighted by Crippen LogP contribution is -2.26. The Morgan fingerprint density at radius 2 is 2.08 bits per heavy atom. The number of halogens is 1. The number of carbonyl (C=O) groups excluding carboxylic acids is 1. The van der Waals surface area contributed by atoms with Crippen molar-refractivity contribution >= 4 is 23.4 Å². The summed E-state index contributed by atoms with van der Waals surface area (Å²) < 4.78 is 10.8. The van der Waals surface area contributed by atoms with Crippen LogP contribution in [0.25, 0.3) is 22.8 Å². The first-order valence-electron chi connectivity index (χ1n) is 8.01. The number of amides is 1. The molecule has 0 aliphatic heterocycles. The zero-order valence-corrected chi connectivity index (χ0v) is 14.0. The first-order chi connectivity index (χ1) is 12.1. The fourth-order valence-corrected chi connectivity index (χ4v) is 2.79. The second-order valence-corrected chi connectivity index (χ2v) is 6.53. The average molecular weight is 358 g/mol. The molecule has 1 aliphatic carbocycles. The third kappa shape index (κ3) is 3.25. The Morgan fingerprint density at radius 1 is 1.28 bits per heavy atom. The highest BCUT2D eigenvalue weighted by Crippen LogP contribution is 2.33. The molecule has 6 nitrogen and oxygen atoms in total. The number of aromatic nitrogens is 1. The molecule has 25 heavy (non-hydrogen) atoms. The molecular weight excluding hydrogens is 342 g/mol. The van der Waals surface area contributed by atoms with E-state index in [0.29, 0.717) is 34.7 Å². The molecule has 0 unspecified atom stereocenters. The van der Waals surface area contributed by atoms with Crippen LogP contribution < -0.4 is 11.1 Å². The van der Waals surface area contributed by atoms with E-state index in [1.54, 1.807) is 24.3 Å². The minimum absolute atomic E-state index is 0.0241. The number of rotatable bonds is 5. The Morgan fingerprint density at radius 3 is 2.84 bits per heavy atom. The highest BCUT2D eigenvalue weighted by molar-refractivity contribution is 6.30. The fourth-order valence-electron chi connectivity index (χ4n) is 2.60. The summed E-state index contributed by atoms with van der Waals surface area (Å²) in [5.74, 6) is 1.26. The van der Waals surface area contributed by atoms with Gasteiger partial charge in [0.1, 0.15) is 11.3 Å². The van der Waals surface area contributed by atoms with Crippen molar-refractivity contribution < 1.29 is 13.7 Å². The molecule has 1 aliphatic rings. The molecule has 4 rings (SSSR count). The van der Waals surface area contributed by atoms with E-state index in [0.717, 1.165) is 18.4 Å². The number of hydrogen-bond donors (Lipinski definition) is 2. The van der Waals surface area contributed by atoms with Gasteiger partial charge in [-0.25, -0.2) is 0 Å². The second-order valence-electron chi connectivity index (χ2n) is 6.10. The third-order valence-corrected chi connectivity index (χ3v) is 4.38. The molecule has 2 heterocycles. The summed E-state index contributed by atoms with van der Waals surface area (Å²) in [6.45, 7) is 0.634. The summed E-state index contributed by atoms with van der Waals surface area (Å²) in [7, 11) is 0. The van der Waals surface area contributed by atoms with Crippen LogP contribution in [0, 0.1) is 5.92 Å². The maximum absolute atomic E-state index is 12.4. The van der Waals surface area contributed by atoms with Crippen molar-refractivity contribution in [2.75, 3.05) is 12.3 Å². The molecule has 1 amide bonds. The molecule has 0 atom stereocenters. The molecule has 3 N–H and O–H groups in total. The van der Waals surface area contributed by atoms with Crippen LogP contribution in [0.4, 0.5) is 5.88 Å². The molecule has 0 bridgehead atoms. The number of furan rings is 1. The van der Waals surface area contributed by atoms with Gasteiger partial charge in [0.05, 0.1) is 0 Å². The molecule has 0 saturated heterocycles. The Labute approximate surface area is 148 Å². The summed E-state index contributed by atoms with van der Waals surface area (Å²) in [5, 5.41) is 7.37. The minimum atomic E-state index is -0.304. The monoisotopic (exact) mass is 357 g/mol. The van der Waals surface area contributed by atoms with E-state index in [1.807, 2.05) is 12.1 Å². The number of hydrogen-bond acceptors (Lipinski definition) is 5. The smallest absolute Gasteiger partial charge is 0.259 e. The van der Waals surface area contributed by atoms with E-state index >= 15 is 0 Å². The molecular formula is C18H16ClN3O3. The summed E-state index contributed by atoms with van der Waals surface area (Å²) in [6, 6.07) is 10.8. The predicted molar refractivity (Wildman–Crippen MR) is 94.1 cm³/mol. The summed E-state index contributed by atoms with van der Waals surface area (Å²) in [4.78, 5) is 12.4. The van der Waals surface area contributed by atoms with Gasteiger partial charge in [-0.15, -0.1) is 0 Å². The van der Waals surface area contributed by atoms with Gasteiger partial charge in [-0.1, -0.05) is 28.9 Å². The lowest BCUT2D eigenvalue weighted by molar-refractivity contribution is 0.0952. The summed E-state index contributed by atoms with van der Waals surface area (Å²) >= 11 is 6.02. The van der Waals surface area contributed by atoms with Crippen LogP contribution in [0.3, 0.4) is 0 Å². The van der Waals surface area contributed by atoms with Gasteiger partial charge in [-0.05, 0) is 43.0 Å². The van der Waals surface area contributed by atoms with Crippen LogP contribution >= 0.6 is 11.6 Å². The number of nitrogens with zero attached hydrogens (tertiary/aromatic N) is 1. The van der Waals surface area contributed by atoms with E-state index in [1.165, 1.54) is 0 Å². The van der Waals surface area contributed by atoms with Gasteiger partial charge < -0.3 is 20.0 Å². The number of nitrogen functional groups attached to an aromatic ring is 1. The standard InChI is InChI=1S/C18H16ClN3O3/c19-12-3-1-2-11(8-12)13-6-7-14(24-13)16-15(17(20)25-22-16)18(23)21-9-10-4-5-10/h1-3,6-8,10H,4-5,9,20H2,(H,21,23). The number of benzene rings is 1. The number of nitrogens with two attached hydrogens (primary N) is 1. The second kappa shape index (κ2) is 6.29. The minimum Gasteiger partial charge on any atom is -0.454 e. The Bertz CT molecular complexity index is 927. The first kappa shape index (κ1) is 15.8. The molecule has 1 aromatic carbocycles. The average Bonchev–Trinajstić information content (AvgIpc) is 3.15. The van der Waals surface area contributed by atoms with Crippen LogP contribution in [0.1, 0.15) is 23.2 Å². The SMILES string of the molecule is Nc1onc(-c2ccc(-c3cccc(Cl)c3)o2)c1C(=O)NCC1CC1. The zero-order valence-electron chi connectivity index (χ0n) is 13.3. The van der Waals surface area contributed by atoms with Crippen molar-refractivity contribution in [1.82, 2.24) is 10.5 Å². The van der Waals surface area contributed by atoms with Gasteiger partial charge in [0.25, 0.3) is 5.91 Å². The highest BCUT2D eigenvalue weighted by atomic mass is 35.5. The lowest BCUT2D eigenvalue weighted by atomic mass is 10.1. The van der Waals surface area contributed by atoms with E-state index in [9.17, 15) is 4.79 Å². The van der Waals surface area contributed by atoms with E-state index in [-0.39, 0.29) is 17.4 Å². The van der Waals surface area contributed by atoms with Gasteiger partial charge in [0.15, 0.2) is 11.5 Å². The molecule has 3 aromatic rings. The van der Waals surface area contributed by atoms with Crippen LogP contribution in [0.2, 0.25) is 5.02 Å². The normalized spacial score (nSPS) is 13.8. The molecule has 1 saturated carbocycles.